The first-order valence-corrected chi connectivity index (χ1v) is 6.87. The molecule has 0 aliphatic carbocycles. The van der Waals surface area contributed by atoms with Gasteiger partial charge in [-0.05, 0) is 57.2 Å². The molecule has 0 amide bonds. The number of aromatic carboxylic acids is 1. The zero-order valence-corrected chi connectivity index (χ0v) is 12.0. The van der Waals surface area contributed by atoms with Gasteiger partial charge in [-0.15, -0.1) is 0 Å². The van der Waals surface area contributed by atoms with Crippen LogP contribution in [-0.4, -0.2) is 54.1 Å². The summed E-state index contributed by atoms with van der Waals surface area (Å²) in [6, 6.07) is 4.53. The number of hydrogen-bond donors (Lipinski definition) is 1. The van der Waals surface area contributed by atoms with Gasteiger partial charge in [0.05, 0.1) is 5.56 Å². The molecule has 1 aromatic carbocycles. The van der Waals surface area contributed by atoms with Gasteiger partial charge in [0, 0.05) is 19.1 Å². The Kier molecular flexibility index (Phi) is 4.73. The number of nitrogens with zero attached hydrogens (tertiary/aromatic N) is 2. The molecular formula is C15H21FN2O2. The largest absolute Gasteiger partial charge is 0.478 e. The van der Waals surface area contributed by atoms with Crippen LogP contribution in [-0.2, 0) is 6.54 Å². The molecule has 0 saturated carbocycles. The minimum atomic E-state index is -1.09. The molecule has 1 fully saturated rings. The lowest BCUT2D eigenvalue weighted by Gasteiger charge is -2.25. The number of carboxylic acids is 1. The summed E-state index contributed by atoms with van der Waals surface area (Å²) in [4.78, 5) is 15.4. The molecule has 110 valence electrons. The van der Waals surface area contributed by atoms with Crippen LogP contribution in [0.4, 0.5) is 4.39 Å². The van der Waals surface area contributed by atoms with Crippen LogP contribution in [0.3, 0.4) is 0 Å². The fourth-order valence-corrected chi connectivity index (χ4v) is 2.81. The highest BCUT2D eigenvalue weighted by molar-refractivity contribution is 5.87. The van der Waals surface area contributed by atoms with Crippen LogP contribution in [0.2, 0.25) is 0 Å². The van der Waals surface area contributed by atoms with E-state index in [1.165, 1.54) is 18.9 Å². The predicted molar refractivity (Wildman–Crippen MR) is 75.3 cm³/mol. The lowest BCUT2D eigenvalue weighted by atomic mass is 10.1. The summed E-state index contributed by atoms with van der Waals surface area (Å²) in [6.07, 6.45) is 2.41. The Labute approximate surface area is 118 Å². The molecule has 1 aliphatic heterocycles. The van der Waals surface area contributed by atoms with Gasteiger partial charge in [0.1, 0.15) is 5.82 Å². The van der Waals surface area contributed by atoms with Crippen molar-refractivity contribution in [2.75, 3.05) is 27.2 Å². The van der Waals surface area contributed by atoms with E-state index in [1.54, 1.807) is 6.07 Å². The van der Waals surface area contributed by atoms with E-state index in [-0.39, 0.29) is 5.56 Å². The topological polar surface area (TPSA) is 43.8 Å². The van der Waals surface area contributed by atoms with Gasteiger partial charge in [0.2, 0.25) is 0 Å². The molecule has 0 bridgehead atoms. The van der Waals surface area contributed by atoms with Crippen LogP contribution in [0.15, 0.2) is 18.2 Å². The highest BCUT2D eigenvalue weighted by Crippen LogP contribution is 2.17. The minimum absolute atomic E-state index is 0.00591. The Bertz CT molecular complexity index is 493. The van der Waals surface area contributed by atoms with Crippen molar-refractivity contribution >= 4 is 5.97 Å². The zero-order chi connectivity index (χ0) is 14.7. The average Bonchev–Trinajstić information content (AvgIpc) is 2.74. The van der Waals surface area contributed by atoms with E-state index in [9.17, 15) is 9.18 Å². The highest BCUT2D eigenvalue weighted by atomic mass is 19.1. The van der Waals surface area contributed by atoms with E-state index < -0.39 is 11.8 Å². The van der Waals surface area contributed by atoms with Crippen LogP contribution < -0.4 is 0 Å². The molecule has 1 N–H and O–H groups in total. The second-order valence-electron chi connectivity index (χ2n) is 5.63. The van der Waals surface area contributed by atoms with Crippen molar-refractivity contribution in [3.8, 4) is 0 Å². The maximum absolute atomic E-state index is 13.4. The van der Waals surface area contributed by atoms with E-state index in [2.05, 4.69) is 16.8 Å². The summed E-state index contributed by atoms with van der Waals surface area (Å²) < 4.78 is 13.4. The molecule has 20 heavy (non-hydrogen) atoms. The first-order valence-electron chi connectivity index (χ1n) is 6.87. The van der Waals surface area contributed by atoms with Crippen LogP contribution in [0.5, 0.6) is 0 Å². The summed E-state index contributed by atoms with van der Waals surface area (Å²) in [5.41, 5.74) is 0.705. The van der Waals surface area contributed by atoms with Crippen LogP contribution in [0.1, 0.15) is 28.8 Å². The number of rotatable bonds is 5. The molecule has 1 atom stereocenters. The van der Waals surface area contributed by atoms with Crippen molar-refractivity contribution in [3.63, 3.8) is 0 Å². The first kappa shape index (κ1) is 14.9. The van der Waals surface area contributed by atoms with Gasteiger partial charge < -0.3 is 14.9 Å². The van der Waals surface area contributed by atoms with E-state index >= 15 is 0 Å². The number of hydrogen-bond acceptors (Lipinski definition) is 3. The van der Waals surface area contributed by atoms with Gasteiger partial charge in [0.15, 0.2) is 0 Å². The quantitative estimate of drug-likeness (QED) is 0.896. The number of carboxylic acid groups (broad SMARTS) is 1. The molecule has 1 aromatic rings. The fraction of sp³-hybridized carbons (Fsp3) is 0.533. The van der Waals surface area contributed by atoms with Crippen molar-refractivity contribution < 1.29 is 14.3 Å². The van der Waals surface area contributed by atoms with Crippen molar-refractivity contribution in [2.24, 2.45) is 0 Å². The molecule has 2 rings (SSSR count). The van der Waals surface area contributed by atoms with Gasteiger partial charge in [-0.3, -0.25) is 0 Å². The Morgan fingerprint density at radius 3 is 2.85 bits per heavy atom. The SMILES string of the molecule is CN(Cc1cc(F)cc(C(=O)O)c1)CC1CCCN1C. The van der Waals surface area contributed by atoms with E-state index in [1.807, 2.05) is 7.05 Å². The smallest absolute Gasteiger partial charge is 0.335 e. The van der Waals surface area contributed by atoms with Gasteiger partial charge in [-0.1, -0.05) is 0 Å². The second-order valence-corrected chi connectivity index (χ2v) is 5.63. The van der Waals surface area contributed by atoms with Gasteiger partial charge in [0.25, 0.3) is 0 Å². The summed E-state index contributed by atoms with van der Waals surface area (Å²) in [7, 11) is 4.10. The molecule has 1 unspecified atom stereocenters. The summed E-state index contributed by atoms with van der Waals surface area (Å²) >= 11 is 0. The Hall–Kier alpha value is -1.46. The highest BCUT2D eigenvalue weighted by Gasteiger charge is 2.22. The number of likely N-dealkylation sites (tertiary alicyclic amines) is 1. The third-order valence-electron chi connectivity index (χ3n) is 3.85. The first-order chi connectivity index (χ1) is 9.45. The summed E-state index contributed by atoms with van der Waals surface area (Å²) in [5, 5.41) is 8.95. The number of likely N-dealkylation sites (N-methyl/N-ethyl adjacent to an activating group) is 2. The molecular weight excluding hydrogens is 259 g/mol. The molecule has 5 heteroatoms. The predicted octanol–water partition coefficient (Wildman–Crippen LogP) is 2.05. The Morgan fingerprint density at radius 1 is 1.50 bits per heavy atom. The molecule has 0 aromatic heterocycles. The normalized spacial score (nSPS) is 19.7. The maximum atomic E-state index is 13.4. The third-order valence-corrected chi connectivity index (χ3v) is 3.85. The van der Waals surface area contributed by atoms with Crippen molar-refractivity contribution in [1.29, 1.82) is 0 Å². The fourth-order valence-electron chi connectivity index (χ4n) is 2.81. The number of carbonyl (C=O) groups is 1. The molecule has 1 heterocycles. The van der Waals surface area contributed by atoms with Gasteiger partial charge >= 0.3 is 5.97 Å². The third kappa shape index (κ3) is 3.77. The van der Waals surface area contributed by atoms with E-state index in [4.69, 9.17) is 5.11 Å². The van der Waals surface area contributed by atoms with Crippen LogP contribution >= 0.6 is 0 Å². The lowest BCUT2D eigenvalue weighted by Crippen LogP contribution is -2.36. The number of benzene rings is 1. The van der Waals surface area contributed by atoms with Crippen molar-refractivity contribution in [3.05, 3.63) is 35.1 Å². The second kappa shape index (κ2) is 6.33. The maximum Gasteiger partial charge on any atom is 0.335 e. The Balaban J connectivity index is 2.00. The average molecular weight is 280 g/mol. The monoisotopic (exact) mass is 280 g/mol. The van der Waals surface area contributed by atoms with E-state index in [0.717, 1.165) is 19.2 Å². The molecule has 4 nitrogen and oxygen atoms in total. The van der Waals surface area contributed by atoms with Gasteiger partial charge in [-0.25, -0.2) is 9.18 Å². The molecule has 0 spiro atoms. The van der Waals surface area contributed by atoms with Crippen LogP contribution in [0, 0.1) is 5.82 Å². The van der Waals surface area contributed by atoms with Crippen molar-refractivity contribution in [2.45, 2.75) is 25.4 Å². The summed E-state index contributed by atoms with van der Waals surface area (Å²) in [6.45, 7) is 2.60. The standard InChI is InChI=1S/C15H21FN2O2/c1-17(10-14-4-3-5-18(14)2)9-11-6-12(15(19)20)8-13(16)7-11/h6-8,14H,3-5,9-10H2,1-2H3,(H,19,20). The molecule has 0 radical (unpaired) electrons. The summed E-state index contributed by atoms with van der Waals surface area (Å²) in [5.74, 6) is -1.59. The van der Waals surface area contributed by atoms with Crippen molar-refractivity contribution in [1.82, 2.24) is 9.80 Å². The van der Waals surface area contributed by atoms with Gasteiger partial charge in [-0.2, -0.15) is 0 Å². The molecule has 1 saturated heterocycles. The number of halogens is 1. The Morgan fingerprint density at radius 2 is 2.25 bits per heavy atom. The lowest BCUT2D eigenvalue weighted by molar-refractivity contribution is 0.0696. The van der Waals surface area contributed by atoms with E-state index in [0.29, 0.717) is 18.2 Å². The minimum Gasteiger partial charge on any atom is -0.478 e. The molecule has 1 aliphatic rings. The van der Waals surface area contributed by atoms with Crippen LogP contribution in [0.25, 0.3) is 0 Å². The zero-order valence-electron chi connectivity index (χ0n) is 12.0.